The maximum Gasteiger partial charge on any atom is 0.293 e. The lowest BCUT2D eigenvalue weighted by molar-refractivity contribution is -0.130. The van der Waals surface area contributed by atoms with E-state index in [1.54, 1.807) is 18.5 Å². The Morgan fingerprint density at radius 3 is 2.62 bits per heavy atom. The maximum atomic E-state index is 11.4. The quantitative estimate of drug-likeness (QED) is 0.416. The molecule has 0 saturated carbocycles. The fourth-order valence-corrected chi connectivity index (χ4v) is 5.03. The second kappa shape index (κ2) is 9.43. The van der Waals surface area contributed by atoms with E-state index < -0.39 is 11.2 Å². The zero-order chi connectivity index (χ0) is 21.0. The van der Waals surface area contributed by atoms with E-state index in [4.69, 9.17) is 21.3 Å². The lowest BCUT2D eigenvalue weighted by Gasteiger charge is -2.11. The van der Waals surface area contributed by atoms with Crippen LogP contribution >= 0.6 is 11.6 Å². The van der Waals surface area contributed by atoms with Crippen molar-refractivity contribution < 1.29 is 14.1 Å². The molecule has 1 unspecified atom stereocenters. The van der Waals surface area contributed by atoms with E-state index in [1.807, 2.05) is 49.6 Å². The minimum atomic E-state index is -1.26. The molecule has 2 heterocycles. The number of rotatable bonds is 8. The first-order valence-electron chi connectivity index (χ1n) is 9.14. The first-order chi connectivity index (χ1) is 13.9. The molecular weight excluding hydrogens is 410 g/mol. The Bertz CT molecular complexity index is 972. The highest BCUT2D eigenvalue weighted by Gasteiger charge is 2.36. The van der Waals surface area contributed by atoms with Gasteiger partial charge in [-0.2, -0.15) is 4.55 Å². The Morgan fingerprint density at radius 1 is 1.28 bits per heavy atom. The van der Waals surface area contributed by atoms with Gasteiger partial charge in [-0.15, -0.1) is 0 Å². The van der Waals surface area contributed by atoms with Crippen LogP contribution in [0.15, 0.2) is 52.6 Å². The van der Waals surface area contributed by atoms with Gasteiger partial charge in [0.2, 0.25) is 11.2 Å². The van der Waals surface area contributed by atoms with Gasteiger partial charge in [0.05, 0.1) is 6.54 Å². The summed E-state index contributed by atoms with van der Waals surface area (Å²) in [6.45, 7) is 6.88. The topological polar surface area (TPSA) is 77.2 Å². The number of carbonyl (C=O) groups excluding carboxylic acids is 1. The zero-order valence-electron chi connectivity index (χ0n) is 16.5. The third-order valence-electron chi connectivity index (χ3n) is 4.36. The standard InChI is InChI=1S/C21H23ClN3O3S/c1-14(2)20-21(29(27)18-9-15(3)8-17(22)10-18)25(19(24-20)12-28-13-26)11-16-4-6-23-7-5-16/h4-10,13-14,27H,11-12H2,1-3H3/q+1. The van der Waals surface area contributed by atoms with E-state index in [0.29, 0.717) is 28.9 Å². The molecule has 3 aromatic rings. The van der Waals surface area contributed by atoms with Crippen molar-refractivity contribution in [2.45, 2.75) is 49.8 Å². The number of aromatic nitrogens is 3. The molecule has 3 rings (SSSR count). The van der Waals surface area contributed by atoms with Crippen LogP contribution in [0.2, 0.25) is 5.02 Å². The molecule has 0 radical (unpaired) electrons. The first kappa shape index (κ1) is 21.4. The van der Waals surface area contributed by atoms with Gasteiger partial charge in [0.1, 0.15) is 12.3 Å². The van der Waals surface area contributed by atoms with E-state index in [1.165, 1.54) is 0 Å². The first-order valence-corrected chi connectivity index (χ1v) is 10.7. The van der Waals surface area contributed by atoms with Crippen molar-refractivity contribution in [1.29, 1.82) is 0 Å². The predicted octanol–water partition coefficient (Wildman–Crippen LogP) is 4.59. The number of halogens is 1. The molecule has 0 aliphatic carbocycles. The Labute approximate surface area is 178 Å². The number of pyridine rings is 1. The van der Waals surface area contributed by atoms with Crippen LogP contribution in [0.4, 0.5) is 0 Å². The van der Waals surface area contributed by atoms with Crippen LogP contribution < -0.4 is 0 Å². The number of benzene rings is 1. The van der Waals surface area contributed by atoms with Crippen LogP contribution in [0.1, 0.15) is 42.4 Å². The molecule has 0 aliphatic rings. The average molecular weight is 433 g/mol. The molecule has 0 fully saturated rings. The number of hydrogen-bond donors (Lipinski definition) is 1. The Morgan fingerprint density at radius 2 is 2.00 bits per heavy atom. The van der Waals surface area contributed by atoms with E-state index in [0.717, 1.165) is 21.7 Å². The van der Waals surface area contributed by atoms with Crippen LogP contribution in [-0.4, -0.2) is 25.6 Å². The van der Waals surface area contributed by atoms with Crippen molar-refractivity contribution in [3.8, 4) is 0 Å². The van der Waals surface area contributed by atoms with Gasteiger partial charge in [0, 0.05) is 35.5 Å². The molecule has 0 bridgehead atoms. The van der Waals surface area contributed by atoms with Gasteiger partial charge in [-0.05, 0) is 36.2 Å². The van der Waals surface area contributed by atoms with Crippen LogP contribution in [0.25, 0.3) is 0 Å². The highest BCUT2D eigenvalue weighted by molar-refractivity contribution is 7.91. The number of carbonyl (C=O) groups is 1. The number of imidazole rings is 1. The summed E-state index contributed by atoms with van der Waals surface area (Å²) in [5.74, 6) is 0.652. The lowest BCUT2D eigenvalue weighted by atomic mass is 10.1. The van der Waals surface area contributed by atoms with Gasteiger partial charge in [-0.3, -0.25) is 14.3 Å². The van der Waals surface area contributed by atoms with Gasteiger partial charge in [0.25, 0.3) is 11.5 Å². The second-order valence-electron chi connectivity index (χ2n) is 6.97. The summed E-state index contributed by atoms with van der Waals surface area (Å²) in [7, 11) is 0. The van der Waals surface area contributed by atoms with Crippen molar-refractivity contribution in [3.63, 3.8) is 0 Å². The van der Waals surface area contributed by atoms with Crippen LogP contribution in [0.3, 0.4) is 0 Å². The molecule has 2 aromatic heterocycles. The SMILES string of the molecule is Cc1cc(Cl)cc([S+](O)c2c(C(C)C)nc(COC=O)n2Cc2ccncc2)c1. The molecule has 8 heteroatoms. The van der Waals surface area contributed by atoms with Crippen molar-refractivity contribution in [1.82, 2.24) is 14.5 Å². The van der Waals surface area contributed by atoms with Gasteiger partial charge >= 0.3 is 0 Å². The third kappa shape index (κ3) is 4.98. The van der Waals surface area contributed by atoms with Crippen LogP contribution in [-0.2, 0) is 33.9 Å². The predicted molar refractivity (Wildman–Crippen MR) is 113 cm³/mol. The Hall–Kier alpha value is -2.35. The van der Waals surface area contributed by atoms with Crippen LogP contribution in [0, 0.1) is 6.92 Å². The van der Waals surface area contributed by atoms with Crippen LogP contribution in [0.5, 0.6) is 0 Å². The zero-order valence-corrected chi connectivity index (χ0v) is 18.1. The second-order valence-corrected chi connectivity index (χ2v) is 8.83. The molecule has 1 N–H and O–H groups in total. The number of hydrogen-bond acceptors (Lipinski definition) is 5. The highest BCUT2D eigenvalue weighted by atomic mass is 35.5. The minimum Gasteiger partial charge on any atom is -0.460 e. The van der Waals surface area contributed by atoms with E-state index in [-0.39, 0.29) is 12.5 Å². The molecule has 6 nitrogen and oxygen atoms in total. The van der Waals surface area contributed by atoms with Gasteiger partial charge in [0.15, 0.2) is 10.7 Å². The molecule has 1 aromatic carbocycles. The summed E-state index contributed by atoms with van der Waals surface area (Å²) < 4.78 is 18.3. The summed E-state index contributed by atoms with van der Waals surface area (Å²) in [5, 5.41) is 1.27. The molecule has 29 heavy (non-hydrogen) atoms. The molecule has 0 saturated heterocycles. The maximum absolute atomic E-state index is 11.4. The summed E-state index contributed by atoms with van der Waals surface area (Å²) in [6, 6.07) is 9.35. The smallest absolute Gasteiger partial charge is 0.293 e. The van der Waals surface area contributed by atoms with E-state index >= 15 is 0 Å². The van der Waals surface area contributed by atoms with Gasteiger partial charge in [-0.1, -0.05) is 25.4 Å². The summed E-state index contributed by atoms with van der Waals surface area (Å²) >= 11 is 4.97. The average Bonchev–Trinajstić information content (AvgIpc) is 3.04. The summed E-state index contributed by atoms with van der Waals surface area (Å²) in [5.41, 5.74) is 2.74. The molecule has 0 aliphatic heterocycles. The van der Waals surface area contributed by atoms with Gasteiger partial charge < -0.3 is 4.74 Å². The molecule has 152 valence electrons. The third-order valence-corrected chi connectivity index (χ3v) is 6.06. The number of nitrogens with zero attached hydrogens (tertiary/aromatic N) is 3. The molecule has 0 amide bonds. The monoisotopic (exact) mass is 432 g/mol. The molecular formula is C21H23ClN3O3S+. The molecule has 0 spiro atoms. The number of aryl methyl sites for hydroxylation is 1. The minimum absolute atomic E-state index is 0.0279. The summed E-state index contributed by atoms with van der Waals surface area (Å²) in [4.78, 5) is 20.3. The summed E-state index contributed by atoms with van der Waals surface area (Å²) in [6.07, 6.45) is 3.44. The highest BCUT2D eigenvalue weighted by Crippen LogP contribution is 2.32. The lowest BCUT2D eigenvalue weighted by Crippen LogP contribution is -2.15. The van der Waals surface area contributed by atoms with Crippen molar-refractivity contribution in [2.75, 3.05) is 0 Å². The van der Waals surface area contributed by atoms with Gasteiger partial charge in [-0.25, -0.2) is 4.98 Å². The van der Waals surface area contributed by atoms with Crippen molar-refractivity contribution in [3.05, 3.63) is 70.4 Å². The Balaban J connectivity index is 2.15. The fraction of sp³-hybridized carbons (Fsp3) is 0.286. The number of ether oxygens (including phenoxy) is 1. The van der Waals surface area contributed by atoms with E-state index in [9.17, 15) is 9.35 Å². The Kier molecular flexibility index (Phi) is 6.95. The van der Waals surface area contributed by atoms with Crippen molar-refractivity contribution >= 4 is 29.2 Å². The largest absolute Gasteiger partial charge is 0.460 e. The van der Waals surface area contributed by atoms with E-state index in [2.05, 4.69) is 4.98 Å². The normalized spacial score (nSPS) is 12.2. The fourth-order valence-electron chi connectivity index (χ4n) is 3.06. The molecule has 1 atom stereocenters. The van der Waals surface area contributed by atoms with Crippen molar-refractivity contribution in [2.24, 2.45) is 0 Å².